The van der Waals surface area contributed by atoms with Gasteiger partial charge in [0, 0.05) is 15.8 Å². The predicted octanol–water partition coefficient (Wildman–Crippen LogP) is 3.84. The second kappa shape index (κ2) is 5.56. The van der Waals surface area contributed by atoms with E-state index in [2.05, 4.69) is 27.3 Å². The van der Waals surface area contributed by atoms with Crippen molar-refractivity contribution in [2.45, 2.75) is 6.42 Å². The summed E-state index contributed by atoms with van der Waals surface area (Å²) >= 11 is 3.46. The van der Waals surface area contributed by atoms with Crippen molar-refractivity contribution < 1.29 is 0 Å². The van der Waals surface area contributed by atoms with Crippen LogP contribution in [-0.2, 0) is 6.42 Å². The highest BCUT2D eigenvalue weighted by atomic mass is 79.9. The number of benzene rings is 2. The number of nitrogens with one attached hydrogen (secondary N) is 1. The van der Waals surface area contributed by atoms with Gasteiger partial charge in [0.1, 0.15) is 0 Å². The molecule has 0 aromatic heterocycles. The highest BCUT2D eigenvalue weighted by Crippen LogP contribution is 2.27. The van der Waals surface area contributed by atoms with E-state index in [-0.39, 0.29) is 0 Å². The number of halogens is 1. The monoisotopic (exact) mass is 301 g/mol. The Morgan fingerprint density at radius 1 is 1.17 bits per heavy atom. The van der Waals surface area contributed by atoms with Gasteiger partial charge in [0.25, 0.3) is 0 Å². The lowest BCUT2D eigenvalue weighted by Crippen LogP contribution is -1.93. The van der Waals surface area contributed by atoms with Crippen LogP contribution in [0.5, 0.6) is 0 Å². The van der Waals surface area contributed by atoms with E-state index in [1.807, 2.05) is 42.5 Å². The van der Waals surface area contributed by atoms with Gasteiger partial charge in [-0.2, -0.15) is 5.26 Å². The van der Waals surface area contributed by atoms with Gasteiger partial charge in [-0.15, -0.1) is 0 Å². The van der Waals surface area contributed by atoms with Gasteiger partial charge in [-0.1, -0.05) is 12.1 Å². The highest BCUT2D eigenvalue weighted by molar-refractivity contribution is 9.10. The third kappa shape index (κ3) is 3.02. The lowest BCUT2D eigenvalue weighted by Gasteiger charge is -2.09. The molecule has 3 nitrogen and oxygen atoms in total. The number of hydrogen-bond acceptors (Lipinski definition) is 3. The Hall–Kier alpha value is -1.99. The number of hydrogen-bond donors (Lipinski definition) is 2. The van der Waals surface area contributed by atoms with E-state index < -0.39 is 0 Å². The first kappa shape index (κ1) is 12.5. The summed E-state index contributed by atoms with van der Waals surface area (Å²) in [6.45, 7) is 0. The fraction of sp³-hybridized carbons (Fsp3) is 0.0714. The zero-order valence-corrected chi connectivity index (χ0v) is 11.2. The Kier molecular flexibility index (Phi) is 3.85. The zero-order chi connectivity index (χ0) is 13.0. The molecule has 0 unspecified atom stereocenters. The first-order valence-electron chi connectivity index (χ1n) is 5.47. The largest absolute Gasteiger partial charge is 0.399 e. The Morgan fingerprint density at radius 2 is 1.89 bits per heavy atom. The van der Waals surface area contributed by atoms with Crippen molar-refractivity contribution in [2.24, 2.45) is 0 Å². The molecule has 0 heterocycles. The van der Waals surface area contributed by atoms with Crippen molar-refractivity contribution in [2.75, 3.05) is 11.1 Å². The summed E-state index contributed by atoms with van der Waals surface area (Å²) in [4.78, 5) is 0. The van der Waals surface area contributed by atoms with Crippen LogP contribution in [0.4, 0.5) is 17.1 Å². The van der Waals surface area contributed by atoms with E-state index in [1.165, 1.54) is 0 Å². The van der Waals surface area contributed by atoms with Gasteiger partial charge in [-0.3, -0.25) is 0 Å². The third-order valence-electron chi connectivity index (χ3n) is 2.51. The molecule has 18 heavy (non-hydrogen) atoms. The molecule has 0 amide bonds. The first-order valence-corrected chi connectivity index (χ1v) is 6.26. The molecule has 0 saturated heterocycles. The quantitative estimate of drug-likeness (QED) is 0.847. The van der Waals surface area contributed by atoms with Gasteiger partial charge in [0.2, 0.25) is 0 Å². The second-order valence-corrected chi connectivity index (χ2v) is 4.75. The van der Waals surface area contributed by atoms with Crippen LogP contribution in [0.2, 0.25) is 0 Å². The molecule has 0 saturated carbocycles. The highest BCUT2D eigenvalue weighted by Gasteiger charge is 2.01. The molecule has 0 aliphatic heterocycles. The molecule has 90 valence electrons. The molecule has 0 aliphatic carbocycles. The minimum Gasteiger partial charge on any atom is -0.399 e. The Morgan fingerprint density at radius 3 is 2.50 bits per heavy atom. The maximum atomic E-state index is 8.60. The Bertz CT molecular complexity index is 585. The molecule has 2 aromatic carbocycles. The smallest absolute Gasteiger partial charge is 0.0669 e. The van der Waals surface area contributed by atoms with Crippen LogP contribution in [0.1, 0.15) is 5.56 Å². The summed E-state index contributed by atoms with van der Waals surface area (Å²) in [5, 5.41) is 11.9. The fourth-order valence-electron chi connectivity index (χ4n) is 1.59. The van der Waals surface area contributed by atoms with Crippen LogP contribution < -0.4 is 11.1 Å². The van der Waals surface area contributed by atoms with Crippen LogP contribution in [0.15, 0.2) is 46.9 Å². The average Bonchev–Trinajstić information content (AvgIpc) is 2.35. The van der Waals surface area contributed by atoms with Crippen LogP contribution in [0.3, 0.4) is 0 Å². The number of nitriles is 1. The summed E-state index contributed by atoms with van der Waals surface area (Å²) < 4.78 is 0.920. The normalized spacial score (nSPS) is 9.78. The SMILES string of the molecule is N#CCc1ccc(Nc2ccc(N)cc2Br)cc1. The van der Waals surface area contributed by atoms with E-state index >= 15 is 0 Å². The topological polar surface area (TPSA) is 61.8 Å². The van der Waals surface area contributed by atoms with Gasteiger partial charge in [0.15, 0.2) is 0 Å². The van der Waals surface area contributed by atoms with Crippen LogP contribution >= 0.6 is 15.9 Å². The number of anilines is 3. The summed E-state index contributed by atoms with van der Waals surface area (Å²) in [7, 11) is 0. The van der Waals surface area contributed by atoms with E-state index in [1.54, 1.807) is 0 Å². The average molecular weight is 302 g/mol. The van der Waals surface area contributed by atoms with Gasteiger partial charge in [0.05, 0.1) is 18.2 Å². The molecule has 2 rings (SSSR count). The molecule has 3 N–H and O–H groups in total. The summed E-state index contributed by atoms with van der Waals surface area (Å²) in [5.41, 5.74) is 9.35. The molecular weight excluding hydrogens is 290 g/mol. The summed E-state index contributed by atoms with van der Waals surface area (Å²) in [6.07, 6.45) is 0.436. The van der Waals surface area contributed by atoms with Crippen molar-refractivity contribution >= 4 is 33.0 Å². The lowest BCUT2D eigenvalue weighted by molar-refractivity contribution is 1.26. The molecular formula is C14H12BrN3. The van der Waals surface area contributed by atoms with Crippen molar-refractivity contribution in [3.63, 3.8) is 0 Å². The number of nitrogens with two attached hydrogens (primary N) is 1. The maximum Gasteiger partial charge on any atom is 0.0669 e. The van der Waals surface area contributed by atoms with Crippen molar-refractivity contribution in [3.8, 4) is 6.07 Å². The number of rotatable bonds is 3. The maximum absolute atomic E-state index is 8.60. The molecule has 4 heteroatoms. The first-order chi connectivity index (χ1) is 8.69. The predicted molar refractivity (Wildman–Crippen MR) is 77.6 cm³/mol. The van der Waals surface area contributed by atoms with E-state index in [4.69, 9.17) is 11.0 Å². The zero-order valence-electron chi connectivity index (χ0n) is 9.65. The Labute approximate surface area is 114 Å². The van der Waals surface area contributed by atoms with Gasteiger partial charge >= 0.3 is 0 Å². The third-order valence-corrected chi connectivity index (χ3v) is 3.17. The molecule has 0 fully saturated rings. The van der Waals surface area contributed by atoms with Crippen molar-refractivity contribution in [1.82, 2.24) is 0 Å². The van der Waals surface area contributed by atoms with E-state index in [0.717, 1.165) is 27.1 Å². The van der Waals surface area contributed by atoms with Crippen LogP contribution in [0, 0.1) is 11.3 Å². The standard InChI is InChI=1S/C14H12BrN3/c15-13-9-11(17)3-6-14(13)18-12-4-1-10(2-5-12)7-8-16/h1-6,9,18H,7,17H2. The van der Waals surface area contributed by atoms with Crippen LogP contribution in [0.25, 0.3) is 0 Å². The summed E-state index contributed by atoms with van der Waals surface area (Å²) in [5.74, 6) is 0. The molecule has 0 atom stereocenters. The summed E-state index contributed by atoms with van der Waals surface area (Å²) in [6, 6.07) is 15.5. The number of nitrogen functional groups attached to an aromatic ring is 1. The van der Waals surface area contributed by atoms with E-state index in [9.17, 15) is 0 Å². The molecule has 2 aromatic rings. The molecule has 0 spiro atoms. The minimum atomic E-state index is 0.436. The van der Waals surface area contributed by atoms with Gasteiger partial charge in [-0.05, 0) is 51.8 Å². The fourth-order valence-corrected chi connectivity index (χ4v) is 2.08. The Balaban J connectivity index is 2.16. The van der Waals surface area contributed by atoms with E-state index in [0.29, 0.717) is 6.42 Å². The van der Waals surface area contributed by atoms with Crippen molar-refractivity contribution in [1.29, 1.82) is 5.26 Å². The van der Waals surface area contributed by atoms with Crippen molar-refractivity contribution in [3.05, 3.63) is 52.5 Å². The van der Waals surface area contributed by atoms with Gasteiger partial charge in [-0.25, -0.2) is 0 Å². The minimum absolute atomic E-state index is 0.436. The van der Waals surface area contributed by atoms with Gasteiger partial charge < -0.3 is 11.1 Å². The van der Waals surface area contributed by atoms with Crippen LogP contribution in [-0.4, -0.2) is 0 Å². The number of nitrogens with zero attached hydrogens (tertiary/aromatic N) is 1. The molecule has 0 radical (unpaired) electrons. The second-order valence-electron chi connectivity index (χ2n) is 3.90. The molecule has 0 aliphatic rings. The lowest BCUT2D eigenvalue weighted by atomic mass is 10.1. The molecule has 0 bridgehead atoms.